The number of carbonyl (C=O) groups is 4. The minimum absolute atomic E-state index is 0.137. The molecule has 2 N–H and O–H groups in total. The zero-order valence-corrected chi connectivity index (χ0v) is 17.1. The summed E-state index contributed by atoms with van der Waals surface area (Å²) in [5.41, 5.74) is 0.218. The maximum absolute atomic E-state index is 12.6. The van der Waals surface area contributed by atoms with Crippen LogP contribution in [0.2, 0.25) is 0 Å². The van der Waals surface area contributed by atoms with Crippen LogP contribution in [-0.2, 0) is 14.4 Å². The number of benzene rings is 1. The molecule has 2 aliphatic heterocycles. The van der Waals surface area contributed by atoms with Crippen molar-refractivity contribution in [2.45, 2.75) is 25.3 Å². The highest BCUT2D eigenvalue weighted by Crippen LogP contribution is 2.42. The third-order valence-electron chi connectivity index (χ3n) is 6.19. The van der Waals surface area contributed by atoms with Crippen molar-refractivity contribution in [1.29, 1.82) is 0 Å². The molecule has 4 rings (SSSR count). The lowest BCUT2D eigenvalue weighted by molar-refractivity contribution is -0.136. The highest BCUT2D eigenvalue weighted by Gasteiger charge is 2.56. The van der Waals surface area contributed by atoms with Crippen molar-refractivity contribution in [3.63, 3.8) is 0 Å². The number of carbonyl (C=O) groups excluding carboxylic acids is 4. The van der Waals surface area contributed by atoms with Crippen molar-refractivity contribution in [3.05, 3.63) is 30.3 Å². The Morgan fingerprint density at radius 2 is 1.77 bits per heavy atom. The van der Waals surface area contributed by atoms with Gasteiger partial charge in [-0.2, -0.15) is 0 Å². The lowest BCUT2D eigenvalue weighted by Crippen LogP contribution is -2.52. The van der Waals surface area contributed by atoms with E-state index in [-0.39, 0.29) is 30.8 Å². The van der Waals surface area contributed by atoms with Crippen molar-refractivity contribution in [2.24, 2.45) is 5.92 Å². The molecule has 2 heterocycles. The molecule has 2 saturated heterocycles. The second-order valence-corrected chi connectivity index (χ2v) is 8.28. The summed E-state index contributed by atoms with van der Waals surface area (Å²) >= 11 is 0. The standard InChI is InChI=1S/C21H27N5O4/c1-21(15-7-8-15)19(29)26(20(30)23-21)14-17(27)22-13-18(28)25-11-9-24(10-12-25)16-5-3-2-4-6-16/h2-6,15H,7-14H2,1H3,(H,22,27)(H,23,30). The van der Waals surface area contributed by atoms with Gasteiger partial charge in [-0.3, -0.25) is 19.3 Å². The first-order chi connectivity index (χ1) is 14.4. The smallest absolute Gasteiger partial charge is 0.325 e. The second kappa shape index (κ2) is 7.97. The Morgan fingerprint density at radius 3 is 2.40 bits per heavy atom. The summed E-state index contributed by atoms with van der Waals surface area (Å²) in [6.07, 6.45) is 1.79. The topological polar surface area (TPSA) is 102 Å². The van der Waals surface area contributed by atoms with Gasteiger partial charge in [0.25, 0.3) is 5.91 Å². The van der Waals surface area contributed by atoms with Crippen LogP contribution < -0.4 is 15.5 Å². The fourth-order valence-electron chi connectivity index (χ4n) is 4.14. The first kappa shape index (κ1) is 20.2. The fourth-order valence-corrected chi connectivity index (χ4v) is 4.14. The predicted octanol–water partition coefficient (Wildman–Crippen LogP) is 0.172. The maximum atomic E-state index is 12.6. The number of hydrogen-bond acceptors (Lipinski definition) is 5. The molecule has 30 heavy (non-hydrogen) atoms. The first-order valence-corrected chi connectivity index (χ1v) is 10.4. The average molecular weight is 413 g/mol. The Hall–Kier alpha value is -3.10. The van der Waals surface area contributed by atoms with E-state index in [9.17, 15) is 19.2 Å². The van der Waals surface area contributed by atoms with E-state index in [0.717, 1.165) is 36.5 Å². The van der Waals surface area contributed by atoms with Crippen molar-refractivity contribution in [2.75, 3.05) is 44.2 Å². The quantitative estimate of drug-likeness (QED) is 0.648. The lowest BCUT2D eigenvalue weighted by Gasteiger charge is -2.36. The van der Waals surface area contributed by atoms with Crippen molar-refractivity contribution in [3.8, 4) is 0 Å². The summed E-state index contributed by atoms with van der Waals surface area (Å²) in [5.74, 6) is -0.919. The summed E-state index contributed by atoms with van der Waals surface area (Å²) in [6, 6.07) is 9.48. The monoisotopic (exact) mass is 413 g/mol. The number of rotatable bonds is 6. The van der Waals surface area contributed by atoms with Gasteiger partial charge in [-0.15, -0.1) is 0 Å². The molecular weight excluding hydrogens is 386 g/mol. The summed E-state index contributed by atoms with van der Waals surface area (Å²) < 4.78 is 0. The predicted molar refractivity (Wildman–Crippen MR) is 110 cm³/mol. The van der Waals surface area contributed by atoms with Gasteiger partial charge in [0, 0.05) is 31.9 Å². The highest BCUT2D eigenvalue weighted by atomic mass is 16.2. The molecule has 1 aromatic carbocycles. The molecule has 3 fully saturated rings. The molecule has 0 bridgehead atoms. The Kier molecular flexibility index (Phi) is 5.36. The summed E-state index contributed by atoms with van der Waals surface area (Å²) in [7, 11) is 0. The molecule has 0 aromatic heterocycles. The average Bonchev–Trinajstić information content (AvgIpc) is 3.59. The molecule has 1 unspecified atom stereocenters. The van der Waals surface area contributed by atoms with Crippen LogP contribution in [0.4, 0.5) is 10.5 Å². The number of nitrogens with one attached hydrogen (secondary N) is 2. The highest BCUT2D eigenvalue weighted by molar-refractivity contribution is 6.09. The first-order valence-electron chi connectivity index (χ1n) is 10.4. The lowest BCUT2D eigenvalue weighted by atomic mass is 9.96. The number of anilines is 1. The van der Waals surface area contributed by atoms with E-state index in [2.05, 4.69) is 15.5 Å². The van der Waals surface area contributed by atoms with Gasteiger partial charge in [-0.05, 0) is 37.8 Å². The summed E-state index contributed by atoms with van der Waals surface area (Å²) in [5, 5.41) is 5.25. The molecular formula is C21H27N5O4. The van der Waals surface area contributed by atoms with Crippen LogP contribution in [-0.4, -0.2) is 78.4 Å². The van der Waals surface area contributed by atoms with Gasteiger partial charge in [0.15, 0.2) is 0 Å². The number of piperazine rings is 1. The Labute approximate surface area is 175 Å². The van der Waals surface area contributed by atoms with Crippen LogP contribution in [0.25, 0.3) is 0 Å². The van der Waals surface area contributed by atoms with E-state index in [4.69, 9.17) is 0 Å². The molecule has 0 spiro atoms. The summed E-state index contributed by atoms with van der Waals surface area (Å²) in [6.45, 7) is 3.81. The Bertz CT molecular complexity index is 848. The van der Waals surface area contributed by atoms with E-state index in [1.165, 1.54) is 0 Å². The van der Waals surface area contributed by atoms with E-state index >= 15 is 0 Å². The normalized spacial score (nSPS) is 24.1. The Balaban J connectivity index is 1.22. The molecule has 160 valence electrons. The number of hydrogen-bond donors (Lipinski definition) is 2. The minimum atomic E-state index is -0.911. The minimum Gasteiger partial charge on any atom is -0.368 e. The van der Waals surface area contributed by atoms with Crippen LogP contribution in [0.3, 0.4) is 0 Å². The van der Waals surface area contributed by atoms with Crippen molar-refractivity contribution >= 4 is 29.4 Å². The zero-order chi connectivity index (χ0) is 21.3. The molecule has 1 saturated carbocycles. The molecule has 3 aliphatic rings. The molecule has 9 nitrogen and oxygen atoms in total. The summed E-state index contributed by atoms with van der Waals surface area (Å²) in [4.78, 5) is 54.3. The van der Waals surface area contributed by atoms with Crippen LogP contribution >= 0.6 is 0 Å². The zero-order valence-electron chi connectivity index (χ0n) is 17.1. The largest absolute Gasteiger partial charge is 0.368 e. The van der Waals surface area contributed by atoms with Gasteiger partial charge in [0.05, 0.1) is 6.54 Å². The number of amides is 5. The van der Waals surface area contributed by atoms with Gasteiger partial charge in [-0.1, -0.05) is 18.2 Å². The number of para-hydroxylation sites is 1. The van der Waals surface area contributed by atoms with E-state index in [0.29, 0.717) is 13.1 Å². The second-order valence-electron chi connectivity index (χ2n) is 8.28. The van der Waals surface area contributed by atoms with Gasteiger partial charge >= 0.3 is 6.03 Å². The van der Waals surface area contributed by atoms with E-state index < -0.39 is 17.5 Å². The van der Waals surface area contributed by atoms with Gasteiger partial charge in [0.2, 0.25) is 11.8 Å². The van der Waals surface area contributed by atoms with Crippen molar-refractivity contribution in [1.82, 2.24) is 20.4 Å². The molecule has 1 atom stereocenters. The number of urea groups is 1. The van der Waals surface area contributed by atoms with E-state index in [1.807, 2.05) is 30.3 Å². The van der Waals surface area contributed by atoms with E-state index in [1.54, 1.807) is 11.8 Å². The van der Waals surface area contributed by atoms with Crippen LogP contribution in [0.1, 0.15) is 19.8 Å². The molecule has 9 heteroatoms. The van der Waals surface area contributed by atoms with Gasteiger partial charge in [0.1, 0.15) is 12.1 Å². The number of nitrogens with zero attached hydrogens (tertiary/aromatic N) is 3. The number of imide groups is 1. The molecule has 1 aromatic rings. The van der Waals surface area contributed by atoms with Gasteiger partial charge in [-0.25, -0.2) is 4.79 Å². The molecule has 5 amide bonds. The van der Waals surface area contributed by atoms with Crippen LogP contribution in [0, 0.1) is 5.92 Å². The van der Waals surface area contributed by atoms with Crippen molar-refractivity contribution < 1.29 is 19.2 Å². The molecule has 0 radical (unpaired) electrons. The van der Waals surface area contributed by atoms with Crippen LogP contribution in [0.15, 0.2) is 30.3 Å². The molecule has 1 aliphatic carbocycles. The van der Waals surface area contributed by atoms with Crippen LogP contribution in [0.5, 0.6) is 0 Å². The maximum Gasteiger partial charge on any atom is 0.325 e. The Morgan fingerprint density at radius 1 is 1.10 bits per heavy atom. The SMILES string of the molecule is CC1(C2CC2)NC(=O)N(CC(=O)NCC(=O)N2CCN(c3ccccc3)CC2)C1=O. The van der Waals surface area contributed by atoms with Gasteiger partial charge < -0.3 is 20.4 Å². The third kappa shape index (κ3) is 3.96. The third-order valence-corrected chi connectivity index (χ3v) is 6.19. The fraction of sp³-hybridized carbons (Fsp3) is 0.524.